The van der Waals surface area contributed by atoms with Crippen molar-refractivity contribution in [1.29, 1.82) is 0 Å². The van der Waals surface area contributed by atoms with Crippen LogP contribution in [0.5, 0.6) is 17.2 Å². The van der Waals surface area contributed by atoms with E-state index in [2.05, 4.69) is 0 Å². The molecule has 36 heavy (non-hydrogen) atoms. The molecular formula is C29H24F4O3. The van der Waals surface area contributed by atoms with Gasteiger partial charge >= 0.3 is 0 Å². The van der Waals surface area contributed by atoms with Gasteiger partial charge in [0.15, 0.2) is 23.1 Å². The van der Waals surface area contributed by atoms with Crippen LogP contribution in [0.2, 0.25) is 0 Å². The van der Waals surface area contributed by atoms with E-state index >= 15 is 0 Å². The summed E-state index contributed by atoms with van der Waals surface area (Å²) in [6, 6.07) is 18.9. The molecule has 4 aromatic rings. The summed E-state index contributed by atoms with van der Waals surface area (Å²) in [5.41, 5.74) is 1.89. The molecule has 0 heterocycles. The highest BCUT2D eigenvalue weighted by Crippen LogP contribution is 2.33. The van der Waals surface area contributed by atoms with E-state index in [-0.39, 0.29) is 35.8 Å². The van der Waals surface area contributed by atoms with Gasteiger partial charge in [0.05, 0.1) is 13.2 Å². The maximum absolute atomic E-state index is 15.0. The Morgan fingerprint density at radius 1 is 0.500 bits per heavy atom. The highest BCUT2D eigenvalue weighted by atomic mass is 19.2. The second kappa shape index (κ2) is 11.2. The van der Waals surface area contributed by atoms with E-state index in [0.717, 1.165) is 0 Å². The Morgan fingerprint density at radius 2 is 0.972 bits per heavy atom. The van der Waals surface area contributed by atoms with Crippen molar-refractivity contribution in [3.05, 3.63) is 102 Å². The predicted molar refractivity (Wildman–Crippen MR) is 130 cm³/mol. The number of benzene rings is 4. The third-order valence-electron chi connectivity index (χ3n) is 5.53. The molecule has 186 valence electrons. The molecule has 3 nitrogen and oxygen atoms in total. The zero-order valence-electron chi connectivity index (χ0n) is 19.8. The topological polar surface area (TPSA) is 27.7 Å². The first-order chi connectivity index (χ1) is 17.4. The van der Waals surface area contributed by atoms with Crippen molar-refractivity contribution in [2.75, 3.05) is 13.2 Å². The molecule has 0 atom stereocenters. The molecule has 0 aliphatic rings. The van der Waals surface area contributed by atoms with Crippen molar-refractivity contribution in [3.8, 4) is 39.5 Å². The lowest BCUT2D eigenvalue weighted by atomic mass is 9.98. The van der Waals surface area contributed by atoms with Crippen LogP contribution in [0, 0.1) is 23.3 Å². The van der Waals surface area contributed by atoms with E-state index in [9.17, 15) is 17.6 Å². The zero-order chi connectivity index (χ0) is 25.7. The predicted octanol–water partition coefficient (Wildman–Crippen LogP) is 7.95. The van der Waals surface area contributed by atoms with Gasteiger partial charge in [-0.25, -0.2) is 8.78 Å². The molecule has 0 aromatic heterocycles. The summed E-state index contributed by atoms with van der Waals surface area (Å²) < 4.78 is 73.9. The van der Waals surface area contributed by atoms with Crippen LogP contribution in [0.4, 0.5) is 17.6 Å². The summed E-state index contributed by atoms with van der Waals surface area (Å²) in [6.45, 7) is 4.21. The normalized spacial score (nSPS) is 10.8. The van der Waals surface area contributed by atoms with Crippen LogP contribution in [-0.4, -0.2) is 13.2 Å². The fraction of sp³-hybridized carbons (Fsp3) is 0.172. The number of rotatable bonds is 9. The highest BCUT2D eigenvalue weighted by Gasteiger charge is 2.17. The van der Waals surface area contributed by atoms with E-state index < -0.39 is 23.3 Å². The second-order valence-electron chi connectivity index (χ2n) is 7.85. The molecule has 0 aliphatic heterocycles. The van der Waals surface area contributed by atoms with E-state index in [1.54, 1.807) is 55.5 Å². The molecule has 4 rings (SSSR count). The smallest absolute Gasteiger partial charge is 0.204 e. The monoisotopic (exact) mass is 496 g/mol. The first-order valence-corrected chi connectivity index (χ1v) is 11.5. The Kier molecular flexibility index (Phi) is 7.78. The minimum absolute atomic E-state index is 0.0435. The van der Waals surface area contributed by atoms with Gasteiger partial charge in [0.2, 0.25) is 11.6 Å². The standard InChI is InChI=1S/C29H24F4O3/c1-3-34-21-11-9-20(10-12-21)23-14-13-22(26(30)27(23)31)19-7-5-18(6-8-19)17-36-25-16-15-24(35-4-2)28(32)29(25)33/h5-16H,3-4,17H2,1-2H3. The molecule has 0 spiro atoms. The van der Waals surface area contributed by atoms with Crippen LogP contribution in [0.3, 0.4) is 0 Å². The molecule has 0 amide bonds. The molecule has 0 saturated carbocycles. The van der Waals surface area contributed by atoms with Crippen LogP contribution < -0.4 is 14.2 Å². The van der Waals surface area contributed by atoms with Gasteiger partial charge in [0.1, 0.15) is 12.4 Å². The van der Waals surface area contributed by atoms with E-state index in [0.29, 0.717) is 29.0 Å². The average molecular weight is 497 g/mol. The quantitative estimate of drug-likeness (QED) is 0.220. The van der Waals surface area contributed by atoms with Crippen molar-refractivity contribution in [1.82, 2.24) is 0 Å². The van der Waals surface area contributed by atoms with Crippen LogP contribution in [0.15, 0.2) is 72.8 Å². The van der Waals surface area contributed by atoms with Crippen LogP contribution >= 0.6 is 0 Å². The van der Waals surface area contributed by atoms with Crippen LogP contribution in [0.25, 0.3) is 22.3 Å². The third-order valence-corrected chi connectivity index (χ3v) is 5.53. The highest BCUT2D eigenvalue weighted by molar-refractivity contribution is 5.72. The number of hydrogen-bond donors (Lipinski definition) is 0. The first kappa shape index (κ1) is 25.1. The minimum Gasteiger partial charge on any atom is -0.494 e. The lowest BCUT2D eigenvalue weighted by Crippen LogP contribution is -2.02. The molecule has 7 heteroatoms. The SMILES string of the molecule is CCOc1ccc(-c2ccc(-c3ccc(COc4ccc(OCC)c(F)c4F)cc3)c(F)c2F)cc1. The average Bonchev–Trinajstić information content (AvgIpc) is 2.89. The molecule has 0 unspecified atom stereocenters. The summed E-state index contributed by atoms with van der Waals surface area (Å²) in [5.74, 6) is -3.95. The molecule has 0 aliphatic carbocycles. The summed E-state index contributed by atoms with van der Waals surface area (Å²) >= 11 is 0. The number of hydrogen-bond acceptors (Lipinski definition) is 3. The Bertz CT molecular complexity index is 1340. The minimum atomic E-state index is -1.14. The Balaban J connectivity index is 1.49. The molecule has 0 fully saturated rings. The van der Waals surface area contributed by atoms with Crippen LogP contribution in [0.1, 0.15) is 19.4 Å². The molecule has 4 aromatic carbocycles. The van der Waals surface area contributed by atoms with Gasteiger partial charge in [0, 0.05) is 11.1 Å². The summed E-state index contributed by atoms with van der Waals surface area (Å²) in [7, 11) is 0. The Hall–Kier alpha value is -4.00. The summed E-state index contributed by atoms with van der Waals surface area (Å²) in [4.78, 5) is 0. The maximum Gasteiger partial charge on any atom is 0.204 e. The number of halogens is 4. The molecule has 0 bridgehead atoms. The Morgan fingerprint density at radius 3 is 1.47 bits per heavy atom. The van der Waals surface area contributed by atoms with Crippen molar-refractivity contribution < 1.29 is 31.8 Å². The van der Waals surface area contributed by atoms with Gasteiger partial charge in [-0.2, -0.15) is 8.78 Å². The lowest BCUT2D eigenvalue weighted by Gasteiger charge is -2.12. The van der Waals surface area contributed by atoms with Crippen molar-refractivity contribution in [2.45, 2.75) is 20.5 Å². The number of ether oxygens (including phenoxy) is 3. The van der Waals surface area contributed by atoms with Gasteiger partial charge in [0.25, 0.3) is 0 Å². The van der Waals surface area contributed by atoms with Gasteiger partial charge in [-0.15, -0.1) is 0 Å². The molecule has 0 radical (unpaired) electrons. The summed E-state index contributed by atoms with van der Waals surface area (Å²) in [6.07, 6.45) is 0. The van der Waals surface area contributed by atoms with E-state index in [1.807, 2.05) is 6.92 Å². The van der Waals surface area contributed by atoms with Gasteiger partial charge in [-0.1, -0.05) is 48.5 Å². The Labute approximate surface area is 206 Å². The maximum atomic E-state index is 15.0. The molecule has 0 N–H and O–H groups in total. The fourth-order valence-corrected chi connectivity index (χ4v) is 3.73. The first-order valence-electron chi connectivity index (χ1n) is 11.5. The summed E-state index contributed by atoms with van der Waals surface area (Å²) in [5, 5.41) is 0. The van der Waals surface area contributed by atoms with E-state index in [1.165, 1.54) is 24.3 Å². The van der Waals surface area contributed by atoms with Gasteiger partial charge in [-0.05, 0) is 54.8 Å². The molecule has 0 saturated heterocycles. The lowest BCUT2D eigenvalue weighted by molar-refractivity contribution is 0.274. The van der Waals surface area contributed by atoms with Crippen molar-refractivity contribution in [3.63, 3.8) is 0 Å². The third kappa shape index (κ3) is 5.30. The van der Waals surface area contributed by atoms with Crippen molar-refractivity contribution in [2.24, 2.45) is 0 Å². The van der Waals surface area contributed by atoms with Crippen molar-refractivity contribution >= 4 is 0 Å². The molecular weight excluding hydrogens is 472 g/mol. The zero-order valence-corrected chi connectivity index (χ0v) is 19.8. The second-order valence-corrected chi connectivity index (χ2v) is 7.85. The van der Waals surface area contributed by atoms with Gasteiger partial charge in [-0.3, -0.25) is 0 Å². The van der Waals surface area contributed by atoms with E-state index in [4.69, 9.17) is 14.2 Å². The fourth-order valence-electron chi connectivity index (χ4n) is 3.73. The largest absolute Gasteiger partial charge is 0.494 e. The van der Waals surface area contributed by atoms with Gasteiger partial charge < -0.3 is 14.2 Å². The van der Waals surface area contributed by atoms with Crippen LogP contribution in [-0.2, 0) is 6.61 Å².